The van der Waals surface area contributed by atoms with E-state index < -0.39 is 17.7 Å². The van der Waals surface area contributed by atoms with Crippen LogP contribution in [0, 0.1) is 11.8 Å². The SMILES string of the molecule is CC1(O)C=c2[nH]nc(CC3CCCC3)c2=CC1C(O)N1CC2=C(CCC(CN3CCOCC3)=C2)C1. The molecule has 1 saturated heterocycles. The molecule has 0 aromatic carbocycles. The molecule has 3 heterocycles. The van der Waals surface area contributed by atoms with Crippen LogP contribution in [0.25, 0.3) is 12.2 Å². The molecule has 2 aliphatic heterocycles. The van der Waals surface area contributed by atoms with Gasteiger partial charge in [0.15, 0.2) is 0 Å². The third kappa shape index (κ3) is 4.81. The number of hydrogen-bond donors (Lipinski definition) is 3. The number of ether oxygens (including phenoxy) is 1. The zero-order valence-corrected chi connectivity index (χ0v) is 21.0. The maximum absolute atomic E-state index is 11.5. The average molecular weight is 481 g/mol. The molecular weight excluding hydrogens is 440 g/mol. The summed E-state index contributed by atoms with van der Waals surface area (Å²) in [5, 5.41) is 32.6. The zero-order valence-electron chi connectivity index (χ0n) is 21.0. The molecule has 190 valence electrons. The van der Waals surface area contributed by atoms with Crippen molar-refractivity contribution in [3.05, 3.63) is 39.1 Å². The van der Waals surface area contributed by atoms with E-state index in [1.165, 1.54) is 42.4 Å². The van der Waals surface area contributed by atoms with Crippen molar-refractivity contribution in [2.75, 3.05) is 45.9 Å². The van der Waals surface area contributed by atoms with Crippen molar-refractivity contribution in [3.8, 4) is 0 Å². The van der Waals surface area contributed by atoms with Crippen molar-refractivity contribution in [1.82, 2.24) is 20.0 Å². The standard InChI is InChI=1S/C28H40N4O3/c1-28(34)15-26-23(25(29-30-26)13-19-4-2-3-5-19)14-24(28)27(33)32-17-21-7-6-20(12-22(21)18-32)16-31-8-10-35-11-9-31/h12,14-15,19,24,27,30,33-34H,2-11,13,16-18H2,1H3. The maximum atomic E-state index is 11.5. The largest absolute Gasteiger partial charge is 0.385 e. The van der Waals surface area contributed by atoms with Gasteiger partial charge < -0.3 is 14.9 Å². The van der Waals surface area contributed by atoms with Crippen LogP contribution in [0.5, 0.6) is 0 Å². The predicted octanol–water partition coefficient (Wildman–Crippen LogP) is 1.07. The Hall–Kier alpha value is -1.77. The molecule has 1 saturated carbocycles. The van der Waals surface area contributed by atoms with Crippen LogP contribution in [0.4, 0.5) is 0 Å². The Labute approximate surface area is 207 Å². The summed E-state index contributed by atoms with van der Waals surface area (Å²) in [6.07, 6.45) is 13.9. The van der Waals surface area contributed by atoms with Gasteiger partial charge >= 0.3 is 0 Å². The predicted molar refractivity (Wildman–Crippen MR) is 136 cm³/mol. The second-order valence-electron chi connectivity index (χ2n) is 11.6. The van der Waals surface area contributed by atoms with E-state index in [1.54, 1.807) is 0 Å². The molecule has 0 bridgehead atoms. The fourth-order valence-corrected chi connectivity index (χ4v) is 6.80. The lowest BCUT2D eigenvalue weighted by molar-refractivity contribution is -0.0620. The van der Waals surface area contributed by atoms with Gasteiger partial charge in [0, 0.05) is 43.9 Å². The second-order valence-corrected chi connectivity index (χ2v) is 11.6. The maximum Gasteiger partial charge on any atom is 0.117 e. The fraction of sp³-hybridized carbons (Fsp3) is 0.679. The second kappa shape index (κ2) is 9.60. The molecule has 3 atom stereocenters. The number of nitrogens with one attached hydrogen (secondary N) is 1. The van der Waals surface area contributed by atoms with Crippen LogP contribution in [-0.4, -0.2) is 88.0 Å². The number of aliphatic hydroxyl groups is 2. The van der Waals surface area contributed by atoms with Crippen LogP contribution in [0.3, 0.4) is 0 Å². The Bertz CT molecular complexity index is 1120. The number of fused-ring (bicyclic) bond motifs is 1. The van der Waals surface area contributed by atoms with E-state index in [9.17, 15) is 10.2 Å². The number of aromatic nitrogens is 2. The summed E-state index contributed by atoms with van der Waals surface area (Å²) in [5.41, 5.74) is 4.25. The highest BCUT2D eigenvalue weighted by atomic mass is 16.5. The third-order valence-corrected chi connectivity index (χ3v) is 8.90. The van der Waals surface area contributed by atoms with Crippen LogP contribution in [0.2, 0.25) is 0 Å². The van der Waals surface area contributed by atoms with Crippen LogP contribution in [-0.2, 0) is 11.2 Å². The smallest absolute Gasteiger partial charge is 0.117 e. The Morgan fingerprint density at radius 3 is 2.80 bits per heavy atom. The summed E-state index contributed by atoms with van der Waals surface area (Å²) >= 11 is 0. The van der Waals surface area contributed by atoms with Crippen molar-refractivity contribution in [3.63, 3.8) is 0 Å². The topological polar surface area (TPSA) is 84.8 Å². The molecule has 1 aromatic heterocycles. The van der Waals surface area contributed by atoms with E-state index in [2.05, 4.69) is 32.1 Å². The minimum absolute atomic E-state index is 0.395. The molecule has 7 heteroatoms. The molecule has 1 aromatic rings. The first-order chi connectivity index (χ1) is 17.0. The Morgan fingerprint density at radius 1 is 1.20 bits per heavy atom. The molecule has 7 nitrogen and oxygen atoms in total. The molecule has 35 heavy (non-hydrogen) atoms. The fourth-order valence-electron chi connectivity index (χ4n) is 6.80. The molecule has 3 aliphatic carbocycles. The number of nitrogens with zero attached hydrogens (tertiary/aromatic N) is 3. The summed E-state index contributed by atoms with van der Waals surface area (Å²) in [6.45, 7) is 8.04. The van der Waals surface area contributed by atoms with E-state index >= 15 is 0 Å². The number of rotatable bonds is 6. The van der Waals surface area contributed by atoms with Crippen molar-refractivity contribution in [2.45, 2.75) is 63.7 Å². The minimum atomic E-state index is -1.13. The summed E-state index contributed by atoms with van der Waals surface area (Å²) < 4.78 is 5.49. The van der Waals surface area contributed by atoms with Gasteiger partial charge in [0.1, 0.15) is 6.23 Å². The van der Waals surface area contributed by atoms with Crippen LogP contribution >= 0.6 is 0 Å². The Morgan fingerprint density at radius 2 is 2.00 bits per heavy atom. The van der Waals surface area contributed by atoms with Gasteiger partial charge in [-0.05, 0) is 43.8 Å². The van der Waals surface area contributed by atoms with Crippen molar-refractivity contribution < 1.29 is 14.9 Å². The Balaban J connectivity index is 1.17. The molecule has 3 N–H and O–H groups in total. The normalized spacial score (nSPS) is 31.1. The first kappa shape index (κ1) is 23.6. The molecule has 0 radical (unpaired) electrons. The number of hydrogen-bond acceptors (Lipinski definition) is 6. The van der Waals surface area contributed by atoms with Crippen LogP contribution in [0.15, 0.2) is 22.8 Å². The summed E-state index contributed by atoms with van der Waals surface area (Å²) in [4.78, 5) is 4.63. The number of morpholine rings is 1. The van der Waals surface area contributed by atoms with Crippen molar-refractivity contribution in [1.29, 1.82) is 0 Å². The third-order valence-electron chi connectivity index (χ3n) is 8.90. The van der Waals surface area contributed by atoms with Crippen LogP contribution in [0.1, 0.15) is 51.1 Å². The number of H-pyrrole nitrogens is 1. The zero-order chi connectivity index (χ0) is 24.0. The molecule has 0 amide bonds. The van der Waals surface area contributed by atoms with Gasteiger partial charge in [0.05, 0.1) is 29.9 Å². The molecule has 2 fully saturated rings. The van der Waals surface area contributed by atoms with Gasteiger partial charge in [-0.25, -0.2) is 0 Å². The first-order valence-corrected chi connectivity index (χ1v) is 13.6. The minimum Gasteiger partial charge on any atom is -0.385 e. The van der Waals surface area contributed by atoms with E-state index in [0.29, 0.717) is 5.92 Å². The summed E-state index contributed by atoms with van der Waals surface area (Å²) in [5.74, 6) is 0.308. The highest BCUT2D eigenvalue weighted by Crippen LogP contribution is 2.35. The lowest BCUT2D eigenvalue weighted by Crippen LogP contribution is -2.52. The summed E-state index contributed by atoms with van der Waals surface area (Å²) in [7, 11) is 0. The molecule has 3 unspecified atom stereocenters. The van der Waals surface area contributed by atoms with Gasteiger partial charge in [0.2, 0.25) is 0 Å². The monoisotopic (exact) mass is 480 g/mol. The van der Waals surface area contributed by atoms with Gasteiger partial charge in [-0.15, -0.1) is 0 Å². The van der Waals surface area contributed by atoms with E-state index in [-0.39, 0.29) is 0 Å². The average Bonchev–Trinajstić information content (AvgIpc) is 3.59. The number of aliphatic hydroxyl groups excluding tert-OH is 1. The van der Waals surface area contributed by atoms with E-state index in [0.717, 1.165) is 81.5 Å². The van der Waals surface area contributed by atoms with Gasteiger partial charge in [0.25, 0.3) is 0 Å². The van der Waals surface area contributed by atoms with Gasteiger partial charge in [-0.3, -0.25) is 14.9 Å². The van der Waals surface area contributed by atoms with Crippen molar-refractivity contribution in [2.24, 2.45) is 11.8 Å². The Kier molecular flexibility index (Phi) is 6.48. The van der Waals surface area contributed by atoms with E-state index in [4.69, 9.17) is 4.74 Å². The molecule has 6 rings (SSSR count). The van der Waals surface area contributed by atoms with Crippen LogP contribution < -0.4 is 10.6 Å². The highest BCUT2D eigenvalue weighted by molar-refractivity contribution is 5.49. The highest BCUT2D eigenvalue weighted by Gasteiger charge is 2.41. The van der Waals surface area contributed by atoms with Gasteiger partial charge in [-0.2, -0.15) is 5.10 Å². The molecule has 0 spiro atoms. The summed E-state index contributed by atoms with van der Waals surface area (Å²) in [6, 6.07) is 0. The molecule has 5 aliphatic rings. The lowest BCUT2D eigenvalue weighted by atomic mass is 9.82. The lowest BCUT2D eigenvalue weighted by Gasteiger charge is -2.37. The quantitative estimate of drug-likeness (QED) is 0.565. The van der Waals surface area contributed by atoms with E-state index in [1.807, 2.05) is 13.0 Å². The first-order valence-electron chi connectivity index (χ1n) is 13.6. The van der Waals surface area contributed by atoms with Gasteiger partial charge in [-0.1, -0.05) is 49.0 Å². The molecular formula is C28H40N4O3. The number of aromatic amines is 1. The van der Waals surface area contributed by atoms with Crippen molar-refractivity contribution >= 4 is 12.2 Å².